The van der Waals surface area contributed by atoms with Gasteiger partial charge in [0.15, 0.2) is 0 Å². The van der Waals surface area contributed by atoms with Crippen LogP contribution in [0.2, 0.25) is 0 Å². The molecule has 1 saturated carbocycles. The molecule has 0 unspecified atom stereocenters. The van der Waals surface area contributed by atoms with Crippen molar-refractivity contribution in [3.63, 3.8) is 0 Å². The Hall–Kier alpha value is -17.3. The van der Waals surface area contributed by atoms with Gasteiger partial charge in [-0.25, -0.2) is 39.9 Å². The van der Waals surface area contributed by atoms with Crippen LogP contribution in [-0.4, -0.2) is 111 Å². The maximum Gasteiger partial charge on any atom is 0.260 e. The number of amides is 1. The molecule has 10 aromatic carbocycles. The number of methoxy groups -OCH3 is 3. The van der Waals surface area contributed by atoms with Crippen LogP contribution in [0.15, 0.2) is 345 Å². The van der Waals surface area contributed by atoms with E-state index >= 15 is 0 Å². The van der Waals surface area contributed by atoms with E-state index in [0.717, 1.165) is 151 Å². The zero-order valence-corrected chi connectivity index (χ0v) is 71.8. The molecule has 10 heterocycles. The third-order valence-corrected chi connectivity index (χ3v) is 22.0. The number of aryl methyl sites for hydroxylation is 3. The van der Waals surface area contributed by atoms with Crippen molar-refractivity contribution in [3.8, 4) is 141 Å². The number of anilines is 1. The number of nitrogens with one attached hydrogen (secondary N) is 1. The summed E-state index contributed by atoms with van der Waals surface area (Å²) >= 11 is 0. The number of benzene rings is 10. The number of phenols is 2. The lowest BCUT2D eigenvalue weighted by Crippen LogP contribution is -2.16. The fraction of sp³-hybridized carbons (Fsp3) is 0.0943. The van der Waals surface area contributed by atoms with Crippen molar-refractivity contribution >= 4 is 66.1 Å². The number of aromatic hydroxyl groups is 2. The summed E-state index contributed by atoms with van der Waals surface area (Å²) in [5.74, 6) is 2.69. The van der Waals surface area contributed by atoms with Gasteiger partial charge in [-0.3, -0.25) is 39.3 Å². The van der Waals surface area contributed by atoms with E-state index in [0.29, 0.717) is 45.1 Å². The third kappa shape index (κ3) is 18.9. The number of carbonyl (C=O) groups is 1. The molecule has 10 aromatic heterocycles. The normalized spacial score (nSPS) is 11.4. The molecule has 21 rings (SSSR count). The largest absolute Gasteiger partial charge is 0.508 e. The van der Waals surface area contributed by atoms with E-state index in [9.17, 15) is 24.6 Å². The first-order valence-corrected chi connectivity index (χ1v) is 41.7. The molecule has 1 aliphatic rings. The molecule has 1 amide bonds. The van der Waals surface area contributed by atoms with E-state index < -0.39 is 0 Å². The molecular formula is C106H84N16O8. The number of ether oxygens (including phenoxy) is 3. The molecule has 0 atom stereocenters. The molecule has 0 spiro atoms. The molecule has 0 aliphatic heterocycles. The van der Waals surface area contributed by atoms with Crippen LogP contribution in [-0.2, 0) is 18.9 Å². The molecule has 0 bridgehead atoms. The van der Waals surface area contributed by atoms with E-state index in [-0.39, 0.29) is 28.5 Å². The van der Waals surface area contributed by atoms with Crippen molar-refractivity contribution in [2.24, 2.45) is 14.1 Å². The molecule has 20 aromatic rings. The Morgan fingerprint density at radius 3 is 0.985 bits per heavy atom. The Kier molecular flexibility index (Phi) is 25.1. The van der Waals surface area contributed by atoms with Gasteiger partial charge in [-0.15, -0.1) is 0 Å². The predicted octanol–water partition coefficient (Wildman–Crippen LogP) is 21.0. The number of aromatic nitrogens is 15. The standard InChI is InChI=1S/C23H19N3O.C22H18N4O2.C21H17N3O.2C20H15N3O2/c1-27-23-20-13-17(9-10-21(20)25-14-26-23)19-6-3-11-24-22(19)18-5-2-4-16(12-18)15-7-8-15;1-14(27)25-17-6-3-5-16(11-17)21-18(7-4-10-23-21)15-8-9-20-19(12-15)22(28)26(2)13-24-20;1-14-5-3-6-16(11-14)20-17(7-4-10-22-20)15-8-9-19-18(12-15)21(25-2)24-13-23-19;1-25-20-17-11-13(7-8-18(17)22-12-23-20)16-6-3-9-21-19(16)14-4-2-5-15(24)10-14;1-23-12-22-18-8-7-13(11-17(18)20(23)25)16-6-3-9-21-19(16)14-4-2-5-15(24)10-14/h2-6,9-15H,7-8H2,1H3;3-13H,1-2H3,(H,25,27);3-13H,1-2H3;2*2-12,24H,1H3. The lowest BCUT2D eigenvalue weighted by atomic mass is 9.96. The second kappa shape index (κ2) is 38.5. The first-order chi connectivity index (χ1) is 63.5. The van der Waals surface area contributed by atoms with Crippen molar-refractivity contribution < 1.29 is 29.2 Å². The summed E-state index contributed by atoms with van der Waals surface area (Å²) in [5.41, 5.74) is 25.9. The van der Waals surface area contributed by atoms with E-state index in [1.165, 1.54) is 71.7 Å². The quantitative estimate of drug-likeness (QED) is 0.0858. The summed E-state index contributed by atoms with van der Waals surface area (Å²) in [7, 11) is 8.22. The van der Waals surface area contributed by atoms with Crippen molar-refractivity contribution in [1.29, 1.82) is 0 Å². The van der Waals surface area contributed by atoms with Gasteiger partial charge in [-0.05, 0) is 199 Å². The number of nitrogens with zero attached hydrogens (tertiary/aromatic N) is 15. The van der Waals surface area contributed by atoms with E-state index in [1.807, 2.05) is 164 Å². The lowest BCUT2D eigenvalue weighted by molar-refractivity contribution is -0.114. The Labute approximate surface area is 746 Å². The van der Waals surface area contributed by atoms with Crippen LogP contribution in [0.5, 0.6) is 29.1 Å². The van der Waals surface area contributed by atoms with Crippen molar-refractivity contribution in [2.45, 2.75) is 32.6 Å². The summed E-state index contributed by atoms with van der Waals surface area (Å²) in [6.45, 7) is 3.56. The highest BCUT2D eigenvalue weighted by atomic mass is 16.5. The zero-order valence-electron chi connectivity index (χ0n) is 71.8. The van der Waals surface area contributed by atoms with Gasteiger partial charge in [0.25, 0.3) is 11.1 Å². The topological polar surface area (TPSA) is 309 Å². The number of fused-ring (bicyclic) bond motifs is 5. The molecule has 24 heteroatoms. The van der Waals surface area contributed by atoms with Gasteiger partial charge in [-0.1, -0.05) is 139 Å². The van der Waals surface area contributed by atoms with E-state index in [2.05, 4.69) is 157 Å². The van der Waals surface area contributed by atoms with Crippen LogP contribution in [0.4, 0.5) is 5.69 Å². The van der Waals surface area contributed by atoms with Crippen LogP contribution in [0.1, 0.15) is 36.8 Å². The minimum atomic E-state index is -0.128. The lowest BCUT2D eigenvalue weighted by Gasteiger charge is -2.11. The van der Waals surface area contributed by atoms with Gasteiger partial charge in [0.1, 0.15) is 30.5 Å². The Bertz CT molecular complexity index is 7610. The number of rotatable bonds is 15. The van der Waals surface area contributed by atoms with Gasteiger partial charge in [0.05, 0.1) is 117 Å². The molecule has 3 N–H and O–H groups in total. The van der Waals surface area contributed by atoms with Crippen molar-refractivity contribution in [3.05, 3.63) is 367 Å². The summed E-state index contributed by atoms with van der Waals surface area (Å²) in [6, 6.07) is 87.9. The highest BCUT2D eigenvalue weighted by Gasteiger charge is 2.25. The van der Waals surface area contributed by atoms with E-state index in [4.69, 9.17) is 19.2 Å². The smallest absolute Gasteiger partial charge is 0.260 e. The number of pyridine rings is 5. The SMILES string of the molecule is CC(=O)Nc1cccc(-c2ncccc2-c2ccc3ncn(C)c(=O)c3c2)c1.COc1ncnc2ccc(-c3cccnc3-c3cccc(C)c3)cc12.COc1ncnc2ccc(-c3cccnc3-c3cccc(C4CC4)c3)cc12.COc1ncnc2ccc(-c3cccnc3-c3cccc(O)c3)cc12.Cn1cnc2ccc(-c3cccnc3-c3cccc(O)c3)cc2c1=O. The average Bonchev–Trinajstić information content (AvgIpc) is 1.05. The first-order valence-electron chi connectivity index (χ1n) is 41.7. The molecule has 130 heavy (non-hydrogen) atoms. The number of carbonyl (C=O) groups excluding carboxylic acids is 1. The highest BCUT2D eigenvalue weighted by molar-refractivity contribution is 5.96. The predicted molar refractivity (Wildman–Crippen MR) is 510 cm³/mol. The molecule has 0 saturated heterocycles. The monoisotopic (exact) mass is 1710 g/mol. The second-order valence-corrected chi connectivity index (χ2v) is 30.8. The molecule has 636 valence electrons. The second-order valence-electron chi connectivity index (χ2n) is 30.8. The number of phenolic OH excluding ortho intramolecular Hbond substituents is 2. The van der Waals surface area contributed by atoms with Crippen LogP contribution in [0.3, 0.4) is 0 Å². The van der Waals surface area contributed by atoms with E-state index in [1.54, 1.807) is 90.4 Å². The highest BCUT2D eigenvalue weighted by Crippen LogP contribution is 2.44. The van der Waals surface area contributed by atoms with Crippen molar-refractivity contribution in [1.82, 2.24) is 73.9 Å². The van der Waals surface area contributed by atoms with Gasteiger partial charge in [-0.2, -0.15) is 0 Å². The number of hydrogen-bond acceptors (Lipinski definition) is 21. The molecule has 0 radical (unpaired) electrons. The maximum absolute atomic E-state index is 12.5. The zero-order chi connectivity index (χ0) is 89.7. The van der Waals surface area contributed by atoms with Gasteiger partial charge in [0, 0.05) is 113 Å². The van der Waals surface area contributed by atoms with Crippen LogP contribution in [0.25, 0.3) is 166 Å². The summed E-state index contributed by atoms with van der Waals surface area (Å²) in [6.07, 6.45) is 19.0. The summed E-state index contributed by atoms with van der Waals surface area (Å²) in [5, 5.41) is 26.1. The molecular weight excluding hydrogens is 1630 g/mol. The maximum atomic E-state index is 12.5. The summed E-state index contributed by atoms with van der Waals surface area (Å²) < 4.78 is 19.1. The minimum absolute atomic E-state index is 0.0883. The van der Waals surface area contributed by atoms with Gasteiger partial charge >= 0.3 is 0 Å². The van der Waals surface area contributed by atoms with Crippen LogP contribution >= 0.6 is 0 Å². The molecule has 1 aliphatic carbocycles. The molecule has 1 fully saturated rings. The third-order valence-electron chi connectivity index (χ3n) is 22.0. The number of hydrogen-bond donors (Lipinski definition) is 3. The van der Waals surface area contributed by atoms with Gasteiger partial charge < -0.3 is 38.9 Å². The van der Waals surface area contributed by atoms with Crippen molar-refractivity contribution in [2.75, 3.05) is 26.6 Å². The van der Waals surface area contributed by atoms with Crippen LogP contribution < -0.4 is 30.6 Å². The Balaban J connectivity index is 0.000000114. The Morgan fingerprint density at radius 1 is 0.331 bits per heavy atom. The van der Waals surface area contributed by atoms with Crippen LogP contribution in [0, 0.1) is 6.92 Å². The van der Waals surface area contributed by atoms with Gasteiger partial charge in [0.2, 0.25) is 23.5 Å². The summed E-state index contributed by atoms with van der Waals surface area (Å²) in [4.78, 5) is 93.2. The fourth-order valence-corrected chi connectivity index (χ4v) is 15.6. The average molecular weight is 1710 g/mol. The Morgan fingerprint density at radius 2 is 0.646 bits per heavy atom. The minimum Gasteiger partial charge on any atom is -0.508 e. The first kappa shape index (κ1) is 84.9. The fourth-order valence-electron chi connectivity index (χ4n) is 15.6. The molecule has 24 nitrogen and oxygen atoms in total.